The van der Waals surface area contributed by atoms with E-state index >= 15 is 0 Å². The predicted octanol–water partition coefficient (Wildman–Crippen LogP) is 4.14. The minimum absolute atomic E-state index is 0.101. The number of amides is 1. The zero-order chi connectivity index (χ0) is 19.0. The Kier molecular flexibility index (Phi) is 4.62. The highest BCUT2D eigenvalue weighted by Crippen LogP contribution is 2.28. The molecule has 2 aromatic carbocycles. The summed E-state index contributed by atoms with van der Waals surface area (Å²) >= 11 is 6.00. The van der Waals surface area contributed by atoms with Crippen LogP contribution in [0.15, 0.2) is 46.9 Å². The molecule has 6 heteroatoms. The van der Waals surface area contributed by atoms with Gasteiger partial charge in [0.1, 0.15) is 5.58 Å². The maximum atomic E-state index is 12.4. The zero-order valence-corrected chi connectivity index (χ0v) is 15.6. The third-order valence-electron chi connectivity index (χ3n) is 4.89. The van der Waals surface area contributed by atoms with Crippen molar-refractivity contribution in [3.8, 4) is 0 Å². The van der Waals surface area contributed by atoms with E-state index in [1.54, 1.807) is 30.0 Å². The van der Waals surface area contributed by atoms with E-state index in [0.29, 0.717) is 29.3 Å². The molecule has 1 amide bonds. The van der Waals surface area contributed by atoms with Crippen LogP contribution in [0.2, 0.25) is 5.02 Å². The van der Waals surface area contributed by atoms with Crippen molar-refractivity contribution in [3.63, 3.8) is 0 Å². The van der Waals surface area contributed by atoms with E-state index in [2.05, 4.69) is 6.07 Å². The highest BCUT2D eigenvalue weighted by Gasteiger charge is 2.24. The van der Waals surface area contributed by atoms with E-state index in [9.17, 15) is 9.59 Å². The molecule has 27 heavy (non-hydrogen) atoms. The first-order valence-electron chi connectivity index (χ1n) is 8.73. The number of fused-ring (bicyclic) bond motifs is 2. The van der Waals surface area contributed by atoms with Crippen LogP contribution < -0.4 is 0 Å². The first-order chi connectivity index (χ1) is 13.0. The Balaban J connectivity index is 1.42. The standard InChI is InChI=1S/C21H18ClNO4/c1-13-17-10-16(22)6-7-18(17)27-20(13)21(25)26-12-19(24)23-9-8-14-4-2-3-5-15(14)11-23/h2-7,10H,8-9,11-12H2,1H3. The molecule has 0 atom stereocenters. The zero-order valence-electron chi connectivity index (χ0n) is 14.8. The molecular weight excluding hydrogens is 366 g/mol. The van der Waals surface area contributed by atoms with Crippen LogP contribution in [0.5, 0.6) is 0 Å². The van der Waals surface area contributed by atoms with Crippen molar-refractivity contribution in [2.45, 2.75) is 19.9 Å². The number of aryl methyl sites for hydroxylation is 1. The maximum Gasteiger partial charge on any atom is 0.375 e. The van der Waals surface area contributed by atoms with Crippen LogP contribution in [0.1, 0.15) is 27.2 Å². The van der Waals surface area contributed by atoms with Gasteiger partial charge < -0.3 is 14.1 Å². The smallest absolute Gasteiger partial charge is 0.375 e. The minimum Gasteiger partial charge on any atom is -0.450 e. The van der Waals surface area contributed by atoms with Crippen molar-refractivity contribution < 1.29 is 18.7 Å². The second-order valence-electron chi connectivity index (χ2n) is 6.61. The Morgan fingerprint density at radius 2 is 1.96 bits per heavy atom. The third kappa shape index (κ3) is 3.43. The highest BCUT2D eigenvalue weighted by atomic mass is 35.5. The van der Waals surface area contributed by atoms with Crippen LogP contribution in [-0.4, -0.2) is 29.9 Å². The number of esters is 1. The van der Waals surface area contributed by atoms with E-state index in [1.165, 1.54) is 5.56 Å². The van der Waals surface area contributed by atoms with Crippen LogP contribution in [-0.2, 0) is 22.5 Å². The SMILES string of the molecule is Cc1c(C(=O)OCC(=O)N2CCc3ccccc3C2)oc2ccc(Cl)cc12. The number of furan rings is 1. The van der Waals surface area contributed by atoms with E-state index in [0.717, 1.165) is 17.4 Å². The third-order valence-corrected chi connectivity index (χ3v) is 5.13. The van der Waals surface area contributed by atoms with Crippen molar-refractivity contribution in [3.05, 3.63) is 69.9 Å². The molecule has 2 heterocycles. The Labute approximate surface area is 161 Å². The molecule has 0 saturated carbocycles. The number of hydrogen-bond acceptors (Lipinski definition) is 4. The van der Waals surface area contributed by atoms with Crippen LogP contribution in [0, 0.1) is 6.92 Å². The van der Waals surface area contributed by atoms with Gasteiger partial charge in [0.2, 0.25) is 5.76 Å². The summed E-state index contributed by atoms with van der Waals surface area (Å²) in [4.78, 5) is 26.5. The van der Waals surface area contributed by atoms with E-state index < -0.39 is 5.97 Å². The maximum absolute atomic E-state index is 12.4. The number of rotatable bonds is 3. The second kappa shape index (κ2) is 7.08. The molecule has 0 radical (unpaired) electrons. The fourth-order valence-corrected chi connectivity index (χ4v) is 3.55. The van der Waals surface area contributed by atoms with Crippen molar-refractivity contribution in [1.82, 2.24) is 4.90 Å². The summed E-state index contributed by atoms with van der Waals surface area (Å²) in [7, 11) is 0. The number of carbonyl (C=O) groups is 2. The first kappa shape index (κ1) is 17.6. The van der Waals surface area contributed by atoms with Gasteiger partial charge in [-0.05, 0) is 42.7 Å². The highest BCUT2D eigenvalue weighted by molar-refractivity contribution is 6.31. The molecule has 0 unspecified atom stereocenters. The number of nitrogens with zero attached hydrogens (tertiary/aromatic N) is 1. The van der Waals surface area contributed by atoms with Gasteiger partial charge in [-0.25, -0.2) is 4.79 Å². The average Bonchev–Trinajstić information content (AvgIpc) is 3.01. The van der Waals surface area contributed by atoms with E-state index in [-0.39, 0.29) is 18.3 Å². The van der Waals surface area contributed by atoms with Gasteiger partial charge in [0.15, 0.2) is 6.61 Å². The minimum atomic E-state index is -0.648. The summed E-state index contributed by atoms with van der Waals surface area (Å²) in [6.45, 7) is 2.62. The van der Waals surface area contributed by atoms with Crippen molar-refractivity contribution in [1.29, 1.82) is 0 Å². The number of halogens is 1. The van der Waals surface area contributed by atoms with Gasteiger partial charge in [0.25, 0.3) is 5.91 Å². The topological polar surface area (TPSA) is 59.8 Å². The summed E-state index contributed by atoms with van der Waals surface area (Å²) in [5.74, 6) is -0.760. The fraction of sp³-hybridized carbons (Fsp3) is 0.238. The lowest BCUT2D eigenvalue weighted by molar-refractivity contribution is -0.135. The van der Waals surface area contributed by atoms with Crippen LogP contribution >= 0.6 is 11.6 Å². The molecule has 0 spiro atoms. The lowest BCUT2D eigenvalue weighted by atomic mass is 10.00. The number of benzene rings is 2. The lowest BCUT2D eigenvalue weighted by Crippen LogP contribution is -2.38. The van der Waals surface area contributed by atoms with Gasteiger partial charge in [-0.3, -0.25) is 4.79 Å². The number of hydrogen-bond donors (Lipinski definition) is 0. The lowest BCUT2D eigenvalue weighted by Gasteiger charge is -2.28. The predicted molar refractivity (Wildman–Crippen MR) is 102 cm³/mol. The fourth-order valence-electron chi connectivity index (χ4n) is 3.38. The van der Waals surface area contributed by atoms with Gasteiger partial charge >= 0.3 is 5.97 Å². The van der Waals surface area contributed by atoms with E-state index in [4.69, 9.17) is 20.8 Å². The molecule has 0 bridgehead atoms. The van der Waals surface area contributed by atoms with Crippen LogP contribution in [0.4, 0.5) is 0 Å². The van der Waals surface area contributed by atoms with Gasteiger partial charge in [0.05, 0.1) is 0 Å². The molecule has 0 N–H and O–H groups in total. The van der Waals surface area contributed by atoms with Gasteiger partial charge in [-0.1, -0.05) is 35.9 Å². The molecule has 138 valence electrons. The van der Waals surface area contributed by atoms with Crippen molar-refractivity contribution in [2.24, 2.45) is 0 Å². The molecule has 0 aliphatic carbocycles. The van der Waals surface area contributed by atoms with Crippen molar-refractivity contribution >= 4 is 34.4 Å². The molecule has 1 aromatic heterocycles. The molecule has 3 aromatic rings. The monoisotopic (exact) mass is 383 g/mol. The average molecular weight is 384 g/mol. The van der Waals surface area contributed by atoms with Crippen molar-refractivity contribution in [2.75, 3.05) is 13.2 Å². The summed E-state index contributed by atoms with van der Waals surface area (Å²) in [6, 6.07) is 13.2. The van der Waals surface area contributed by atoms with E-state index in [1.807, 2.05) is 18.2 Å². The van der Waals surface area contributed by atoms with Gasteiger partial charge in [-0.15, -0.1) is 0 Å². The molecule has 1 aliphatic heterocycles. The molecular formula is C21H18ClNO4. The van der Waals surface area contributed by atoms with Gasteiger partial charge in [0, 0.05) is 29.1 Å². The Bertz CT molecular complexity index is 1040. The molecule has 4 rings (SSSR count). The second-order valence-corrected chi connectivity index (χ2v) is 7.04. The summed E-state index contributed by atoms with van der Waals surface area (Å²) in [5, 5.41) is 1.32. The first-order valence-corrected chi connectivity index (χ1v) is 9.11. The summed E-state index contributed by atoms with van der Waals surface area (Å²) < 4.78 is 10.8. The quantitative estimate of drug-likeness (QED) is 0.638. The molecule has 5 nitrogen and oxygen atoms in total. The summed E-state index contributed by atoms with van der Waals surface area (Å²) in [6.07, 6.45) is 0.805. The Morgan fingerprint density at radius 3 is 2.78 bits per heavy atom. The number of ether oxygens (including phenoxy) is 1. The Morgan fingerprint density at radius 1 is 1.19 bits per heavy atom. The van der Waals surface area contributed by atoms with Crippen LogP contribution in [0.25, 0.3) is 11.0 Å². The van der Waals surface area contributed by atoms with Crippen LogP contribution in [0.3, 0.4) is 0 Å². The molecule has 0 saturated heterocycles. The summed E-state index contributed by atoms with van der Waals surface area (Å²) in [5.41, 5.74) is 3.60. The molecule has 1 aliphatic rings. The largest absolute Gasteiger partial charge is 0.450 e. The number of carbonyl (C=O) groups excluding carboxylic acids is 2. The normalized spacial score (nSPS) is 13.5. The molecule has 0 fully saturated rings. The Hall–Kier alpha value is -2.79. The van der Waals surface area contributed by atoms with Gasteiger partial charge in [-0.2, -0.15) is 0 Å².